The number of anilines is 1. The standard InChI is InChI=1S/C13H6BrCl3N2O4S/c14-6-4-9-11(23-13(20)18-9)10(17)12(6)24(21,22)19-5-1-2-7(15)8(16)3-5/h1-4,19H,(H,18,20). The van der Waals surface area contributed by atoms with Crippen LogP contribution in [0.1, 0.15) is 0 Å². The molecule has 126 valence electrons. The summed E-state index contributed by atoms with van der Waals surface area (Å²) in [6, 6.07) is 5.64. The molecule has 1 aromatic heterocycles. The summed E-state index contributed by atoms with van der Waals surface area (Å²) in [7, 11) is -4.09. The number of aromatic amines is 1. The molecular formula is C13H6BrCl3N2O4S. The molecule has 0 aliphatic rings. The molecule has 2 aromatic carbocycles. The predicted octanol–water partition coefficient (Wildman–Crippen LogP) is 4.64. The molecule has 11 heteroatoms. The SMILES string of the molecule is O=c1[nH]c2cc(Br)c(S(=O)(=O)Nc3ccc(Cl)c(Cl)c3)c(Cl)c2o1. The number of fused-ring (bicyclic) bond motifs is 1. The number of rotatable bonds is 3. The third-order valence-electron chi connectivity index (χ3n) is 3.00. The second-order valence-electron chi connectivity index (χ2n) is 4.63. The monoisotopic (exact) mass is 470 g/mol. The molecule has 3 rings (SSSR count). The minimum Gasteiger partial charge on any atom is -0.406 e. The molecule has 0 saturated carbocycles. The summed E-state index contributed by atoms with van der Waals surface area (Å²) in [5, 5.41) is 0.244. The van der Waals surface area contributed by atoms with Gasteiger partial charge in [0.2, 0.25) is 0 Å². The highest BCUT2D eigenvalue weighted by Gasteiger charge is 2.26. The molecule has 0 unspecified atom stereocenters. The zero-order valence-corrected chi connectivity index (χ0v) is 16.0. The molecule has 0 spiro atoms. The van der Waals surface area contributed by atoms with Crippen LogP contribution in [-0.4, -0.2) is 13.4 Å². The third-order valence-corrected chi connectivity index (χ3v) is 6.57. The highest BCUT2D eigenvalue weighted by atomic mass is 79.9. The second-order valence-corrected chi connectivity index (χ2v) is 8.29. The molecule has 0 amide bonds. The van der Waals surface area contributed by atoms with Crippen molar-refractivity contribution < 1.29 is 12.8 Å². The van der Waals surface area contributed by atoms with E-state index in [9.17, 15) is 13.2 Å². The van der Waals surface area contributed by atoms with E-state index >= 15 is 0 Å². The molecule has 0 aliphatic heterocycles. The molecule has 0 bridgehead atoms. The summed E-state index contributed by atoms with van der Waals surface area (Å²) in [5.41, 5.74) is 0.410. The Morgan fingerprint density at radius 1 is 1.12 bits per heavy atom. The van der Waals surface area contributed by atoms with Crippen LogP contribution in [0.15, 0.2) is 42.8 Å². The fraction of sp³-hybridized carbons (Fsp3) is 0. The van der Waals surface area contributed by atoms with E-state index in [0.717, 1.165) is 0 Å². The maximum atomic E-state index is 12.7. The first kappa shape index (κ1) is 17.6. The Morgan fingerprint density at radius 3 is 2.50 bits per heavy atom. The van der Waals surface area contributed by atoms with Crippen molar-refractivity contribution in [1.82, 2.24) is 4.98 Å². The molecule has 2 N–H and O–H groups in total. The number of halogens is 4. The van der Waals surface area contributed by atoms with Crippen LogP contribution in [0.2, 0.25) is 15.1 Å². The molecule has 0 saturated heterocycles. The van der Waals surface area contributed by atoms with Crippen molar-refractivity contribution in [3.05, 3.63) is 54.4 Å². The van der Waals surface area contributed by atoms with Crippen LogP contribution in [0.3, 0.4) is 0 Å². The first-order valence-electron chi connectivity index (χ1n) is 6.18. The highest BCUT2D eigenvalue weighted by Crippen LogP contribution is 2.37. The maximum absolute atomic E-state index is 12.7. The summed E-state index contributed by atoms with van der Waals surface area (Å²) in [4.78, 5) is 13.4. The molecule has 24 heavy (non-hydrogen) atoms. The minimum atomic E-state index is -4.09. The largest absolute Gasteiger partial charge is 0.417 e. The molecule has 0 fully saturated rings. The second kappa shape index (κ2) is 6.27. The predicted molar refractivity (Wildman–Crippen MR) is 96.8 cm³/mol. The van der Waals surface area contributed by atoms with E-state index in [-0.39, 0.29) is 41.2 Å². The number of hydrogen-bond acceptors (Lipinski definition) is 4. The van der Waals surface area contributed by atoms with Gasteiger partial charge in [0.25, 0.3) is 10.0 Å². The van der Waals surface area contributed by atoms with Gasteiger partial charge in [-0.3, -0.25) is 9.71 Å². The molecular weight excluding hydrogens is 466 g/mol. The number of H-pyrrole nitrogens is 1. The topological polar surface area (TPSA) is 92.2 Å². The van der Waals surface area contributed by atoms with E-state index in [1.54, 1.807) is 0 Å². The third kappa shape index (κ3) is 3.16. The number of hydrogen-bond donors (Lipinski definition) is 2. The Labute approximate surface area is 158 Å². The van der Waals surface area contributed by atoms with Crippen molar-refractivity contribution in [3.8, 4) is 0 Å². The number of nitrogens with one attached hydrogen (secondary N) is 2. The van der Waals surface area contributed by atoms with Gasteiger partial charge in [-0.1, -0.05) is 34.8 Å². The van der Waals surface area contributed by atoms with E-state index in [2.05, 4.69) is 25.6 Å². The van der Waals surface area contributed by atoms with E-state index in [4.69, 9.17) is 39.2 Å². The van der Waals surface area contributed by atoms with Gasteiger partial charge >= 0.3 is 5.76 Å². The Bertz CT molecular complexity index is 1120. The Morgan fingerprint density at radius 2 is 1.83 bits per heavy atom. The van der Waals surface area contributed by atoms with E-state index in [0.29, 0.717) is 0 Å². The summed E-state index contributed by atoms with van der Waals surface area (Å²) >= 11 is 20.9. The highest BCUT2D eigenvalue weighted by molar-refractivity contribution is 9.10. The van der Waals surface area contributed by atoms with Gasteiger partial charge in [0, 0.05) is 4.47 Å². The van der Waals surface area contributed by atoms with Gasteiger partial charge in [0.05, 0.1) is 21.2 Å². The number of oxazole rings is 1. The Balaban J connectivity index is 2.14. The van der Waals surface area contributed by atoms with Crippen LogP contribution in [0, 0.1) is 0 Å². The van der Waals surface area contributed by atoms with Crippen molar-refractivity contribution in [3.63, 3.8) is 0 Å². The zero-order valence-electron chi connectivity index (χ0n) is 11.4. The van der Waals surface area contributed by atoms with Gasteiger partial charge in [-0.25, -0.2) is 13.2 Å². The van der Waals surface area contributed by atoms with Gasteiger partial charge in [-0.05, 0) is 40.2 Å². The first-order chi connectivity index (χ1) is 11.2. The van der Waals surface area contributed by atoms with Crippen LogP contribution in [0.25, 0.3) is 11.1 Å². The first-order valence-corrected chi connectivity index (χ1v) is 9.59. The Hall–Kier alpha value is -1.19. The van der Waals surface area contributed by atoms with Gasteiger partial charge < -0.3 is 4.42 Å². The lowest BCUT2D eigenvalue weighted by Gasteiger charge is -2.12. The zero-order chi connectivity index (χ0) is 17.6. The number of sulfonamides is 1. The van der Waals surface area contributed by atoms with E-state index in [1.807, 2.05) is 0 Å². The van der Waals surface area contributed by atoms with E-state index < -0.39 is 15.8 Å². The molecule has 0 aliphatic carbocycles. The summed E-state index contributed by atoms with van der Waals surface area (Å²) in [6.45, 7) is 0. The average molecular weight is 473 g/mol. The summed E-state index contributed by atoms with van der Waals surface area (Å²) in [5.74, 6) is -0.745. The van der Waals surface area contributed by atoms with Gasteiger partial charge in [-0.2, -0.15) is 0 Å². The molecule has 0 radical (unpaired) electrons. The lowest BCUT2D eigenvalue weighted by molar-refractivity contribution is 0.554. The van der Waals surface area contributed by atoms with Crippen LogP contribution < -0.4 is 10.5 Å². The molecule has 0 atom stereocenters. The van der Waals surface area contributed by atoms with Crippen molar-refractivity contribution >= 4 is 77.5 Å². The summed E-state index contributed by atoms with van der Waals surface area (Å²) in [6.07, 6.45) is 0. The van der Waals surface area contributed by atoms with Crippen LogP contribution in [-0.2, 0) is 10.0 Å². The number of aromatic nitrogens is 1. The summed E-state index contributed by atoms with van der Waals surface area (Å²) < 4.78 is 32.7. The van der Waals surface area contributed by atoms with Crippen LogP contribution in [0.4, 0.5) is 5.69 Å². The quantitative estimate of drug-likeness (QED) is 0.581. The van der Waals surface area contributed by atoms with Crippen molar-refractivity contribution in [1.29, 1.82) is 0 Å². The van der Waals surface area contributed by atoms with Gasteiger partial charge in [0.1, 0.15) is 9.92 Å². The normalized spacial score (nSPS) is 11.8. The van der Waals surface area contributed by atoms with Crippen molar-refractivity contribution in [2.24, 2.45) is 0 Å². The number of benzene rings is 2. The van der Waals surface area contributed by atoms with Crippen LogP contribution in [0.5, 0.6) is 0 Å². The molecule has 6 nitrogen and oxygen atoms in total. The van der Waals surface area contributed by atoms with Gasteiger partial charge in [0.15, 0.2) is 5.58 Å². The molecule has 3 aromatic rings. The molecule has 1 heterocycles. The fourth-order valence-electron chi connectivity index (χ4n) is 2.02. The maximum Gasteiger partial charge on any atom is 0.417 e. The smallest absolute Gasteiger partial charge is 0.406 e. The van der Waals surface area contributed by atoms with Crippen molar-refractivity contribution in [2.45, 2.75) is 4.90 Å². The van der Waals surface area contributed by atoms with E-state index in [1.165, 1.54) is 24.3 Å². The van der Waals surface area contributed by atoms with Gasteiger partial charge in [-0.15, -0.1) is 0 Å². The fourth-order valence-corrected chi connectivity index (χ4v) is 5.23. The Kier molecular flexibility index (Phi) is 4.61. The average Bonchev–Trinajstić information content (AvgIpc) is 2.83. The van der Waals surface area contributed by atoms with Crippen LogP contribution >= 0.6 is 50.7 Å². The lowest BCUT2D eigenvalue weighted by Crippen LogP contribution is -2.14. The lowest BCUT2D eigenvalue weighted by atomic mass is 10.3. The minimum absolute atomic E-state index is 0.0561. The van der Waals surface area contributed by atoms with Crippen molar-refractivity contribution in [2.75, 3.05) is 4.72 Å².